The van der Waals surface area contributed by atoms with Crippen molar-refractivity contribution in [1.82, 2.24) is 15.5 Å². The molecule has 0 aliphatic carbocycles. The number of nitrogens with zero attached hydrogens (tertiary/aromatic N) is 1. The standard InChI is InChI=1S/C26H33N3O4/c30-24-17-23(22-13-7-4-8-14-22)29(16-10-2-1-9-15-27-24)26(32)18-28-25(31)20-33-19-21-11-5-3-6-12-21/h3-8,11-14,23H,1-2,9-10,15-20H2,(H,27,30)(H,28,31). The van der Waals surface area contributed by atoms with Crippen LogP contribution < -0.4 is 10.6 Å². The van der Waals surface area contributed by atoms with Crippen molar-refractivity contribution in [3.8, 4) is 0 Å². The first kappa shape index (κ1) is 24.5. The predicted octanol–water partition coefficient (Wildman–Crippen LogP) is 2.97. The van der Waals surface area contributed by atoms with Crippen molar-refractivity contribution in [2.75, 3.05) is 26.2 Å². The van der Waals surface area contributed by atoms with Crippen molar-refractivity contribution >= 4 is 17.7 Å². The zero-order valence-electron chi connectivity index (χ0n) is 19.0. The third kappa shape index (κ3) is 8.35. The minimum atomic E-state index is -0.372. The predicted molar refractivity (Wildman–Crippen MR) is 126 cm³/mol. The summed E-state index contributed by atoms with van der Waals surface area (Å²) in [5, 5.41) is 5.63. The lowest BCUT2D eigenvalue weighted by molar-refractivity contribution is -0.137. The second-order valence-electron chi connectivity index (χ2n) is 8.24. The molecule has 1 saturated heterocycles. The first-order valence-electron chi connectivity index (χ1n) is 11.6. The number of carbonyl (C=O) groups is 3. The van der Waals surface area contributed by atoms with Crippen LogP contribution in [0.4, 0.5) is 0 Å². The van der Waals surface area contributed by atoms with Gasteiger partial charge in [-0.25, -0.2) is 0 Å². The Kier molecular flexibility index (Phi) is 9.91. The summed E-state index contributed by atoms with van der Waals surface area (Å²) >= 11 is 0. The van der Waals surface area contributed by atoms with E-state index in [9.17, 15) is 14.4 Å². The highest BCUT2D eigenvalue weighted by Gasteiger charge is 2.27. The maximum absolute atomic E-state index is 13.2. The molecule has 0 radical (unpaired) electrons. The van der Waals surface area contributed by atoms with Crippen molar-refractivity contribution in [3.05, 3.63) is 71.8 Å². The maximum atomic E-state index is 13.2. The van der Waals surface area contributed by atoms with Gasteiger partial charge in [0.1, 0.15) is 6.61 Å². The second kappa shape index (κ2) is 13.4. The lowest BCUT2D eigenvalue weighted by atomic mass is 10.0. The molecule has 3 amide bonds. The number of benzene rings is 2. The van der Waals surface area contributed by atoms with E-state index in [1.165, 1.54) is 0 Å². The van der Waals surface area contributed by atoms with Crippen LogP contribution in [-0.4, -0.2) is 48.9 Å². The Labute approximate surface area is 195 Å². The molecule has 0 spiro atoms. The molecule has 176 valence electrons. The fourth-order valence-electron chi connectivity index (χ4n) is 3.94. The minimum absolute atomic E-state index is 0.0677. The zero-order valence-corrected chi connectivity index (χ0v) is 19.0. The van der Waals surface area contributed by atoms with Crippen molar-refractivity contribution in [2.45, 2.75) is 44.8 Å². The highest BCUT2D eigenvalue weighted by molar-refractivity contribution is 5.86. The minimum Gasteiger partial charge on any atom is -0.367 e. The monoisotopic (exact) mass is 451 g/mol. The van der Waals surface area contributed by atoms with Gasteiger partial charge in [-0.2, -0.15) is 0 Å². The molecule has 7 nitrogen and oxygen atoms in total. The van der Waals surface area contributed by atoms with E-state index < -0.39 is 0 Å². The molecule has 2 aromatic rings. The molecule has 1 fully saturated rings. The Morgan fingerprint density at radius 1 is 0.970 bits per heavy atom. The molecule has 0 aromatic heterocycles. The molecule has 0 saturated carbocycles. The molecule has 7 heteroatoms. The van der Waals surface area contributed by atoms with Gasteiger partial charge in [-0.3, -0.25) is 14.4 Å². The maximum Gasteiger partial charge on any atom is 0.246 e. The van der Waals surface area contributed by atoms with Gasteiger partial charge in [0, 0.05) is 13.1 Å². The van der Waals surface area contributed by atoms with Crippen LogP contribution in [0.3, 0.4) is 0 Å². The SMILES string of the molecule is O=C(COCc1ccccc1)NCC(=O)N1CCCCCCNC(=O)CC1c1ccccc1. The molecule has 1 atom stereocenters. The van der Waals surface area contributed by atoms with E-state index in [0.29, 0.717) is 19.7 Å². The lowest BCUT2D eigenvalue weighted by Crippen LogP contribution is -2.44. The fourth-order valence-corrected chi connectivity index (χ4v) is 3.94. The second-order valence-corrected chi connectivity index (χ2v) is 8.24. The summed E-state index contributed by atoms with van der Waals surface area (Å²) in [4.78, 5) is 39.7. The van der Waals surface area contributed by atoms with Gasteiger partial charge in [0.15, 0.2) is 0 Å². The first-order chi connectivity index (χ1) is 16.1. The van der Waals surface area contributed by atoms with Crippen molar-refractivity contribution in [1.29, 1.82) is 0 Å². The van der Waals surface area contributed by atoms with Crippen molar-refractivity contribution in [2.24, 2.45) is 0 Å². The molecule has 1 aliphatic heterocycles. The van der Waals surface area contributed by atoms with E-state index in [2.05, 4.69) is 10.6 Å². The largest absolute Gasteiger partial charge is 0.367 e. The van der Waals surface area contributed by atoms with Gasteiger partial charge in [0.25, 0.3) is 0 Å². The van der Waals surface area contributed by atoms with Crippen LogP contribution in [0.25, 0.3) is 0 Å². The smallest absolute Gasteiger partial charge is 0.246 e. The third-order valence-electron chi connectivity index (χ3n) is 5.69. The van der Waals surface area contributed by atoms with E-state index >= 15 is 0 Å². The summed E-state index contributed by atoms with van der Waals surface area (Å²) in [5.74, 6) is -0.611. The summed E-state index contributed by atoms with van der Waals surface area (Å²) in [6.45, 7) is 1.30. The van der Waals surface area contributed by atoms with Gasteiger partial charge >= 0.3 is 0 Å². The van der Waals surface area contributed by atoms with E-state index in [0.717, 1.165) is 36.8 Å². The van der Waals surface area contributed by atoms with Crippen molar-refractivity contribution in [3.63, 3.8) is 0 Å². The van der Waals surface area contributed by atoms with Crippen molar-refractivity contribution < 1.29 is 19.1 Å². The first-order valence-corrected chi connectivity index (χ1v) is 11.6. The molecule has 1 heterocycles. The van der Waals surface area contributed by atoms with Gasteiger partial charge < -0.3 is 20.3 Å². The summed E-state index contributed by atoms with van der Waals surface area (Å²) in [6, 6.07) is 18.8. The van der Waals surface area contributed by atoms with Crippen LogP contribution in [-0.2, 0) is 25.7 Å². The molecule has 2 N–H and O–H groups in total. The number of rotatable bonds is 7. The lowest BCUT2D eigenvalue weighted by Gasteiger charge is -2.32. The molecule has 1 aliphatic rings. The van der Waals surface area contributed by atoms with Gasteiger partial charge in [-0.1, -0.05) is 73.5 Å². The fraction of sp³-hybridized carbons (Fsp3) is 0.423. The Balaban J connectivity index is 1.60. The topological polar surface area (TPSA) is 87.7 Å². The van der Waals surface area contributed by atoms with Crippen LogP contribution in [0.2, 0.25) is 0 Å². The van der Waals surface area contributed by atoms with E-state index in [1.807, 2.05) is 60.7 Å². The molecule has 0 bridgehead atoms. The normalized spacial score (nSPS) is 17.5. The van der Waals surface area contributed by atoms with Crippen LogP contribution in [0.15, 0.2) is 60.7 Å². The third-order valence-corrected chi connectivity index (χ3v) is 5.69. The van der Waals surface area contributed by atoms with E-state index in [1.54, 1.807) is 4.90 Å². The number of carbonyl (C=O) groups excluding carboxylic acids is 3. The number of ether oxygens (including phenoxy) is 1. The summed E-state index contributed by atoms with van der Waals surface area (Å²) in [6.07, 6.45) is 3.99. The number of nitrogens with one attached hydrogen (secondary N) is 2. The molecular formula is C26H33N3O4. The van der Waals surface area contributed by atoms with Gasteiger partial charge in [0.05, 0.1) is 25.6 Å². The summed E-state index contributed by atoms with van der Waals surface area (Å²) in [5.41, 5.74) is 1.90. The van der Waals surface area contributed by atoms with Gasteiger partial charge in [-0.15, -0.1) is 0 Å². The Bertz CT molecular complexity index is 889. The number of hydrogen-bond acceptors (Lipinski definition) is 4. The van der Waals surface area contributed by atoms with E-state index in [-0.39, 0.29) is 43.3 Å². The molecule has 33 heavy (non-hydrogen) atoms. The Hall–Kier alpha value is -3.19. The molecule has 3 rings (SSSR count). The Morgan fingerprint density at radius 3 is 2.42 bits per heavy atom. The van der Waals surface area contributed by atoms with Gasteiger partial charge in [-0.05, 0) is 24.0 Å². The average Bonchev–Trinajstić information content (AvgIpc) is 2.88. The molecule has 1 unspecified atom stereocenters. The van der Waals surface area contributed by atoms with Crippen LogP contribution >= 0.6 is 0 Å². The van der Waals surface area contributed by atoms with Crippen LogP contribution in [0.5, 0.6) is 0 Å². The van der Waals surface area contributed by atoms with E-state index in [4.69, 9.17) is 4.74 Å². The Morgan fingerprint density at radius 2 is 1.67 bits per heavy atom. The molecular weight excluding hydrogens is 418 g/mol. The average molecular weight is 452 g/mol. The zero-order chi connectivity index (χ0) is 23.3. The summed E-state index contributed by atoms with van der Waals surface area (Å²) in [7, 11) is 0. The number of hydrogen-bond donors (Lipinski definition) is 2. The van der Waals surface area contributed by atoms with Crippen LogP contribution in [0, 0.1) is 0 Å². The quantitative estimate of drug-likeness (QED) is 0.678. The highest BCUT2D eigenvalue weighted by Crippen LogP contribution is 2.25. The summed E-state index contributed by atoms with van der Waals surface area (Å²) < 4.78 is 5.45. The highest BCUT2D eigenvalue weighted by atomic mass is 16.5. The number of amides is 3. The van der Waals surface area contributed by atoms with Crippen LogP contribution in [0.1, 0.15) is 49.3 Å². The molecule has 2 aromatic carbocycles. The van der Waals surface area contributed by atoms with Gasteiger partial charge in [0.2, 0.25) is 17.7 Å².